The fraction of sp³-hybridized carbons (Fsp3) is 0.684. The predicted molar refractivity (Wildman–Crippen MR) is 105 cm³/mol. The Hall–Kier alpha value is -2.80. The second kappa shape index (κ2) is 8.98. The molecular weight excluding hydrogens is 436 g/mol. The molecule has 0 saturated carbocycles. The van der Waals surface area contributed by atoms with Crippen molar-refractivity contribution in [3.8, 4) is 0 Å². The van der Waals surface area contributed by atoms with Gasteiger partial charge in [0.15, 0.2) is 0 Å². The number of hydrogen-bond acceptors (Lipinski definition) is 9. The third-order valence-electron chi connectivity index (χ3n) is 3.85. The highest BCUT2D eigenvalue weighted by molar-refractivity contribution is 5.83. The van der Waals surface area contributed by atoms with Crippen molar-refractivity contribution >= 4 is 18.1 Å². The number of nitrogens with one attached hydrogen (secondary N) is 1. The number of carbonyl (C=O) groups is 2. The van der Waals surface area contributed by atoms with Crippen LogP contribution in [0.4, 0.5) is 24.2 Å². The molecule has 11 nitrogen and oxygen atoms in total. The summed E-state index contributed by atoms with van der Waals surface area (Å²) in [5.41, 5.74) is -2.99. The molecule has 3 atom stereocenters. The van der Waals surface area contributed by atoms with Crippen LogP contribution in [0.25, 0.3) is 0 Å². The number of halogens is 2. The molecule has 32 heavy (non-hydrogen) atoms. The Bertz CT molecular complexity index is 907. The number of carbonyl (C=O) groups excluding carboxylic acids is 2. The number of aliphatic hydroxyl groups excluding tert-OH is 1. The van der Waals surface area contributed by atoms with Crippen molar-refractivity contribution in [1.29, 1.82) is 0 Å². The maximum Gasteiger partial charge on any atom is 0.509 e. The van der Waals surface area contributed by atoms with E-state index in [1.807, 2.05) is 0 Å². The zero-order chi connectivity index (χ0) is 24.5. The normalized spacial score (nSPS) is 22.8. The number of aliphatic hydroxyl groups is 1. The van der Waals surface area contributed by atoms with E-state index in [9.17, 15) is 19.5 Å². The Morgan fingerprint density at radius 2 is 1.81 bits per heavy atom. The maximum atomic E-state index is 15.0. The fourth-order valence-electron chi connectivity index (χ4n) is 2.71. The SMILES string of the molecule is CC(C)(C)OC(=O)Nc1ccn(C2OC(CO)C(OC(=O)OC(C)(C)C)C2(F)F)c(=O)n1. The summed E-state index contributed by atoms with van der Waals surface area (Å²) in [5.74, 6) is -4.15. The zero-order valence-corrected chi connectivity index (χ0v) is 18.5. The summed E-state index contributed by atoms with van der Waals surface area (Å²) in [4.78, 5) is 39.5. The van der Waals surface area contributed by atoms with Crippen molar-refractivity contribution in [2.75, 3.05) is 11.9 Å². The van der Waals surface area contributed by atoms with Crippen LogP contribution in [0.2, 0.25) is 0 Å². The number of aromatic nitrogens is 2. The van der Waals surface area contributed by atoms with E-state index in [2.05, 4.69) is 10.3 Å². The molecule has 0 aromatic carbocycles. The van der Waals surface area contributed by atoms with Crippen LogP contribution in [-0.2, 0) is 18.9 Å². The van der Waals surface area contributed by atoms with Crippen LogP contribution in [0.3, 0.4) is 0 Å². The standard InChI is InChI=1S/C19H27F2N3O8/c1-17(2,3)31-15(27)23-11-7-8-24(14(26)22-11)13-19(20,21)12(10(9-25)29-13)30-16(28)32-18(4,5)6/h7-8,10,12-13,25H,9H2,1-6H3,(H,22,23,26,27). The minimum absolute atomic E-state index is 0.234. The van der Waals surface area contributed by atoms with Crippen LogP contribution in [0.15, 0.2) is 17.1 Å². The number of nitrogens with zero attached hydrogens (tertiary/aromatic N) is 2. The summed E-state index contributed by atoms with van der Waals surface area (Å²) in [6.07, 6.45) is -7.44. The first-order chi connectivity index (χ1) is 14.5. The van der Waals surface area contributed by atoms with Crippen molar-refractivity contribution in [1.82, 2.24) is 9.55 Å². The lowest BCUT2D eigenvalue weighted by atomic mass is 10.1. The highest BCUT2D eigenvalue weighted by Gasteiger charge is 2.62. The van der Waals surface area contributed by atoms with Crippen molar-refractivity contribution in [3.63, 3.8) is 0 Å². The molecule has 1 aromatic rings. The van der Waals surface area contributed by atoms with Gasteiger partial charge in [-0.1, -0.05) is 0 Å². The van der Waals surface area contributed by atoms with E-state index in [1.54, 1.807) is 20.8 Å². The van der Waals surface area contributed by atoms with E-state index in [4.69, 9.17) is 18.9 Å². The first kappa shape index (κ1) is 25.5. The van der Waals surface area contributed by atoms with Crippen LogP contribution < -0.4 is 11.0 Å². The summed E-state index contributed by atoms with van der Waals surface area (Å²) in [7, 11) is 0. The number of hydrogen-bond donors (Lipinski definition) is 2. The van der Waals surface area contributed by atoms with Crippen LogP contribution in [-0.4, -0.2) is 62.8 Å². The van der Waals surface area contributed by atoms with Gasteiger partial charge in [0.2, 0.25) is 12.3 Å². The molecule has 2 heterocycles. The van der Waals surface area contributed by atoms with Crippen LogP contribution >= 0.6 is 0 Å². The molecule has 1 fully saturated rings. The molecule has 0 radical (unpaired) electrons. The zero-order valence-electron chi connectivity index (χ0n) is 18.5. The summed E-state index contributed by atoms with van der Waals surface area (Å²) < 4.78 is 50.2. The Kier molecular flexibility index (Phi) is 7.15. The first-order valence-electron chi connectivity index (χ1n) is 9.66. The Labute approximate surface area is 182 Å². The third kappa shape index (κ3) is 6.36. The highest BCUT2D eigenvalue weighted by atomic mass is 19.3. The Balaban J connectivity index is 2.23. The Morgan fingerprint density at radius 1 is 1.22 bits per heavy atom. The molecule has 1 aromatic heterocycles. The van der Waals surface area contributed by atoms with Gasteiger partial charge >= 0.3 is 23.9 Å². The monoisotopic (exact) mass is 463 g/mol. The molecule has 1 aliphatic heterocycles. The van der Waals surface area contributed by atoms with E-state index in [0.29, 0.717) is 4.57 Å². The van der Waals surface area contributed by atoms with Crippen molar-refractivity contribution in [3.05, 3.63) is 22.7 Å². The molecule has 0 bridgehead atoms. The van der Waals surface area contributed by atoms with Crippen LogP contribution in [0, 0.1) is 0 Å². The second-order valence-electron chi connectivity index (χ2n) is 9.02. The van der Waals surface area contributed by atoms with Crippen molar-refractivity contribution in [2.45, 2.75) is 77.1 Å². The minimum Gasteiger partial charge on any atom is -0.444 e. The molecule has 2 N–H and O–H groups in total. The minimum atomic E-state index is -3.92. The lowest BCUT2D eigenvalue weighted by Gasteiger charge is -2.25. The van der Waals surface area contributed by atoms with Crippen molar-refractivity contribution in [2.24, 2.45) is 0 Å². The topological polar surface area (TPSA) is 138 Å². The number of anilines is 1. The molecule has 1 amide bonds. The van der Waals surface area contributed by atoms with Gasteiger partial charge in [0.25, 0.3) is 0 Å². The molecule has 180 valence electrons. The predicted octanol–water partition coefficient (Wildman–Crippen LogP) is 2.44. The number of ether oxygens (including phenoxy) is 4. The lowest BCUT2D eigenvalue weighted by molar-refractivity contribution is -0.149. The number of rotatable bonds is 4. The van der Waals surface area contributed by atoms with E-state index < -0.39 is 60.1 Å². The molecular formula is C19H27F2N3O8. The largest absolute Gasteiger partial charge is 0.509 e. The third-order valence-corrected chi connectivity index (χ3v) is 3.85. The molecule has 0 aliphatic carbocycles. The summed E-state index contributed by atoms with van der Waals surface area (Å²) in [6, 6.07) is 1.08. The fourth-order valence-corrected chi connectivity index (χ4v) is 2.71. The smallest absolute Gasteiger partial charge is 0.444 e. The molecule has 0 spiro atoms. The molecule has 1 aliphatic rings. The first-order valence-corrected chi connectivity index (χ1v) is 9.66. The molecule has 13 heteroatoms. The molecule has 3 unspecified atom stereocenters. The van der Waals surface area contributed by atoms with Crippen molar-refractivity contribution < 1.29 is 42.4 Å². The van der Waals surface area contributed by atoms with E-state index in [1.165, 1.54) is 20.8 Å². The van der Waals surface area contributed by atoms with Gasteiger partial charge < -0.3 is 24.1 Å². The summed E-state index contributed by atoms with van der Waals surface area (Å²) >= 11 is 0. The van der Waals surface area contributed by atoms with E-state index in [-0.39, 0.29) is 5.82 Å². The van der Waals surface area contributed by atoms with Crippen LogP contribution in [0.1, 0.15) is 47.8 Å². The Morgan fingerprint density at radius 3 is 2.31 bits per heavy atom. The highest BCUT2D eigenvalue weighted by Crippen LogP contribution is 2.44. The van der Waals surface area contributed by atoms with Gasteiger partial charge in [-0.15, -0.1) is 0 Å². The average Bonchev–Trinajstić information content (AvgIpc) is 2.82. The van der Waals surface area contributed by atoms with Gasteiger partial charge in [-0.25, -0.2) is 14.4 Å². The van der Waals surface area contributed by atoms with Gasteiger partial charge in [0.05, 0.1) is 6.61 Å². The second-order valence-corrected chi connectivity index (χ2v) is 9.02. The molecule has 2 rings (SSSR count). The number of amides is 1. The van der Waals surface area contributed by atoms with Gasteiger partial charge in [-0.2, -0.15) is 13.8 Å². The van der Waals surface area contributed by atoms with Gasteiger partial charge in [0, 0.05) is 6.20 Å². The van der Waals surface area contributed by atoms with Crippen LogP contribution in [0.5, 0.6) is 0 Å². The average molecular weight is 463 g/mol. The van der Waals surface area contributed by atoms with E-state index >= 15 is 8.78 Å². The molecule has 1 saturated heterocycles. The number of alkyl halides is 2. The van der Waals surface area contributed by atoms with Gasteiger partial charge in [-0.3, -0.25) is 9.88 Å². The maximum absolute atomic E-state index is 15.0. The summed E-state index contributed by atoms with van der Waals surface area (Å²) in [5, 5.41) is 11.6. The summed E-state index contributed by atoms with van der Waals surface area (Å²) in [6.45, 7) is 8.52. The lowest BCUT2D eigenvalue weighted by Crippen LogP contribution is -2.45. The quantitative estimate of drug-likeness (QED) is 0.645. The van der Waals surface area contributed by atoms with Gasteiger partial charge in [0.1, 0.15) is 23.1 Å². The van der Waals surface area contributed by atoms with E-state index in [0.717, 1.165) is 12.3 Å². The van der Waals surface area contributed by atoms with Gasteiger partial charge in [-0.05, 0) is 47.6 Å².